The molecule has 1 aliphatic rings. The van der Waals surface area contributed by atoms with Gasteiger partial charge in [0.1, 0.15) is 5.82 Å². The average molecular weight is 559 g/mol. The summed E-state index contributed by atoms with van der Waals surface area (Å²) in [5.41, 5.74) is -2.26. The van der Waals surface area contributed by atoms with Crippen molar-refractivity contribution < 1.29 is 31.4 Å². The van der Waals surface area contributed by atoms with Gasteiger partial charge in [-0.05, 0) is 66.6 Å². The fraction of sp³-hybridized carbons (Fsp3) is 0.167. The molecule has 0 radical (unpaired) electrons. The maximum absolute atomic E-state index is 14.2. The average Bonchev–Trinajstić information content (AvgIpc) is 3.25. The van der Waals surface area contributed by atoms with Gasteiger partial charge in [-0.25, -0.2) is 8.60 Å². The minimum absolute atomic E-state index is 0.00168. The highest BCUT2D eigenvalue weighted by Crippen LogP contribution is 2.49. The van der Waals surface area contributed by atoms with Crippen LogP contribution >= 0.6 is 23.2 Å². The minimum atomic E-state index is -4.85. The highest BCUT2D eigenvalue weighted by Gasteiger charge is 2.62. The number of oxime groups is 1. The summed E-state index contributed by atoms with van der Waals surface area (Å²) >= 11 is 11.8. The van der Waals surface area contributed by atoms with Crippen molar-refractivity contribution in [2.75, 3.05) is 0 Å². The monoisotopic (exact) mass is 558 g/mol. The number of alkyl halides is 3. The van der Waals surface area contributed by atoms with E-state index < -0.39 is 40.9 Å². The van der Waals surface area contributed by atoms with Crippen LogP contribution in [0.15, 0.2) is 70.7 Å². The van der Waals surface area contributed by atoms with Crippen LogP contribution in [-0.2, 0) is 21.4 Å². The van der Waals surface area contributed by atoms with Crippen LogP contribution in [-0.4, -0.2) is 22.0 Å². The SMILES string of the molecule is Cc1cc(C2=NOC(c3cc(Cl)cc(Cl)c3)(C(F)(F)F)C2)ccc1C(=O)NS(=O)c1cccc(F)c1. The number of aryl methyl sites for hydroxylation is 1. The van der Waals surface area contributed by atoms with Gasteiger partial charge in [0.2, 0.25) is 0 Å². The Bertz CT molecular complexity index is 1390. The molecule has 12 heteroatoms. The van der Waals surface area contributed by atoms with Crippen molar-refractivity contribution in [2.45, 2.75) is 30.0 Å². The first-order valence-corrected chi connectivity index (χ1v) is 12.2. The number of halogens is 6. The Morgan fingerprint density at radius 3 is 2.39 bits per heavy atom. The third kappa shape index (κ3) is 5.11. The Kier molecular flexibility index (Phi) is 7.14. The van der Waals surface area contributed by atoms with Crippen molar-refractivity contribution in [3.05, 3.63) is 98.8 Å². The molecule has 0 fully saturated rings. The summed E-state index contributed by atoms with van der Waals surface area (Å²) < 4.78 is 70.6. The van der Waals surface area contributed by atoms with Gasteiger partial charge in [0.05, 0.1) is 10.6 Å². The van der Waals surface area contributed by atoms with Gasteiger partial charge >= 0.3 is 6.18 Å². The lowest BCUT2D eigenvalue weighted by atomic mass is 9.86. The molecule has 0 bridgehead atoms. The zero-order chi connectivity index (χ0) is 26.3. The Morgan fingerprint density at radius 2 is 1.78 bits per heavy atom. The first-order valence-electron chi connectivity index (χ1n) is 10.3. The first-order chi connectivity index (χ1) is 16.9. The summed E-state index contributed by atoms with van der Waals surface area (Å²) in [5.74, 6) is -1.31. The van der Waals surface area contributed by atoms with E-state index >= 15 is 0 Å². The largest absolute Gasteiger partial charge is 0.435 e. The van der Waals surface area contributed by atoms with E-state index in [0.29, 0.717) is 11.1 Å². The summed E-state index contributed by atoms with van der Waals surface area (Å²) in [5, 5.41) is 3.73. The maximum Gasteiger partial charge on any atom is 0.435 e. The predicted molar refractivity (Wildman–Crippen MR) is 128 cm³/mol. The smallest absolute Gasteiger partial charge is 0.374 e. The molecule has 2 unspecified atom stereocenters. The normalized spacial score (nSPS) is 18.4. The molecule has 0 saturated carbocycles. The molecular formula is C24H16Cl2F4N2O3S. The summed E-state index contributed by atoms with van der Waals surface area (Å²) in [4.78, 5) is 17.7. The van der Waals surface area contributed by atoms with Crippen LogP contribution in [0.1, 0.15) is 33.5 Å². The van der Waals surface area contributed by atoms with Gasteiger partial charge < -0.3 is 4.84 Å². The molecule has 188 valence electrons. The topological polar surface area (TPSA) is 67.8 Å². The molecular weight excluding hydrogens is 543 g/mol. The van der Waals surface area contributed by atoms with Crippen LogP contribution < -0.4 is 4.72 Å². The van der Waals surface area contributed by atoms with E-state index in [1.807, 2.05) is 0 Å². The third-order valence-electron chi connectivity index (χ3n) is 5.51. The van der Waals surface area contributed by atoms with Gasteiger partial charge in [-0.15, -0.1) is 0 Å². The van der Waals surface area contributed by atoms with Crippen molar-refractivity contribution in [3.63, 3.8) is 0 Å². The molecule has 5 nitrogen and oxygen atoms in total. The molecule has 0 spiro atoms. The van der Waals surface area contributed by atoms with E-state index in [9.17, 15) is 26.6 Å². The summed E-state index contributed by atoms with van der Waals surface area (Å²) in [7, 11) is -2.02. The highest BCUT2D eigenvalue weighted by molar-refractivity contribution is 7.83. The molecule has 0 aromatic heterocycles. The summed E-state index contributed by atoms with van der Waals surface area (Å²) in [6, 6.07) is 12.8. The molecule has 0 aliphatic carbocycles. The quantitative estimate of drug-likeness (QED) is 0.364. The summed E-state index contributed by atoms with van der Waals surface area (Å²) in [6.45, 7) is 1.56. The van der Waals surface area contributed by atoms with Gasteiger partial charge in [0.15, 0.2) is 11.0 Å². The van der Waals surface area contributed by atoms with E-state index in [-0.39, 0.29) is 31.8 Å². The van der Waals surface area contributed by atoms with Crippen LogP contribution in [0.5, 0.6) is 0 Å². The van der Waals surface area contributed by atoms with Gasteiger partial charge in [-0.3, -0.25) is 9.52 Å². The van der Waals surface area contributed by atoms with Crippen LogP contribution in [0.2, 0.25) is 10.0 Å². The van der Waals surface area contributed by atoms with Crippen LogP contribution in [0.3, 0.4) is 0 Å². The number of amides is 1. The highest BCUT2D eigenvalue weighted by atomic mass is 35.5. The van der Waals surface area contributed by atoms with E-state index in [1.165, 1.54) is 42.5 Å². The van der Waals surface area contributed by atoms with Gasteiger partial charge in [0.25, 0.3) is 11.5 Å². The number of carbonyl (C=O) groups excluding carboxylic acids is 1. The Morgan fingerprint density at radius 1 is 1.08 bits per heavy atom. The molecule has 4 rings (SSSR count). The zero-order valence-electron chi connectivity index (χ0n) is 18.3. The number of hydrogen-bond acceptors (Lipinski definition) is 4. The summed E-state index contributed by atoms with van der Waals surface area (Å²) in [6.07, 6.45) is -5.50. The van der Waals surface area contributed by atoms with E-state index in [0.717, 1.165) is 18.2 Å². The van der Waals surface area contributed by atoms with Gasteiger partial charge in [0, 0.05) is 27.6 Å². The predicted octanol–water partition coefficient (Wildman–Crippen LogP) is 6.48. The number of nitrogens with one attached hydrogen (secondary N) is 1. The van der Waals surface area contributed by atoms with E-state index in [2.05, 4.69) is 9.88 Å². The van der Waals surface area contributed by atoms with Crippen molar-refractivity contribution in [1.29, 1.82) is 0 Å². The fourth-order valence-corrected chi connectivity index (χ4v) is 5.07. The Balaban J connectivity index is 1.57. The van der Waals surface area contributed by atoms with Crippen LogP contribution in [0, 0.1) is 12.7 Å². The van der Waals surface area contributed by atoms with E-state index in [1.54, 1.807) is 6.92 Å². The lowest BCUT2D eigenvalue weighted by Gasteiger charge is -2.29. The van der Waals surface area contributed by atoms with Crippen molar-refractivity contribution >= 4 is 45.8 Å². The molecule has 1 amide bonds. The molecule has 3 aromatic rings. The lowest BCUT2D eigenvalue weighted by Crippen LogP contribution is -2.42. The molecule has 1 aliphatic heterocycles. The van der Waals surface area contributed by atoms with Crippen LogP contribution in [0.25, 0.3) is 0 Å². The minimum Gasteiger partial charge on any atom is -0.374 e. The zero-order valence-corrected chi connectivity index (χ0v) is 20.7. The first kappa shape index (κ1) is 26.1. The second-order valence-corrected chi connectivity index (χ2v) is 10.1. The van der Waals surface area contributed by atoms with Gasteiger partial charge in [-0.1, -0.05) is 40.5 Å². The molecule has 1 N–H and O–H groups in total. The molecule has 3 aromatic carbocycles. The number of benzene rings is 3. The molecule has 2 atom stereocenters. The lowest BCUT2D eigenvalue weighted by molar-refractivity contribution is -0.275. The maximum atomic E-state index is 14.2. The van der Waals surface area contributed by atoms with Gasteiger partial charge in [-0.2, -0.15) is 13.2 Å². The number of nitrogens with zero attached hydrogens (tertiary/aromatic N) is 1. The van der Waals surface area contributed by atoms with Crippen molar-refractivity contribution in [2.24, 2.45) is 5.16 Å². The standard InChI is InChI=1S/C24H16Cl2F4N2O3S/c1-13-7-14(5-6-20(13)22(33)32-36(34)19-4-2-3-18(27)11-19)21-12-23(35-31-21,24(28,29)30)15-8-16(25)10-17(26)9-15/h2-11H,12H2,1H3,(H,32,33). The van der Waals surface area contributed by atoms with Crippen molar-refractivity contribution in [1.82, 2.24) is 4.72 Å². The number of carbonyl (C=O) groups is 1. The Labute approximate surface area is 215 Å². The second kappa shape index (κ2) is 9.84. The fourth-order valence-electron chi connectivity index (χ4n) is 3.72. The Hall–Kier alpha value is -2.95. The number of rotatable bonds is 5. The number of hydrogen-bond donors (Lipinski definition) is 1. The van der Waals surface area contributed by atoms with Crippen LogP contribution in [0.4, 0.5) is 17.6 Å². The molecule has 36 heavy (non-hydrogen) atoms. The van der Waals surface area contributed by atoms with Crippen molar-refractivity contribution in [3.8, 4) is 0 Å². The molecule has 1 heterocycles. The molecule has 0 saturated heterocycles. The third-order valence-corrected chi connectivity index (χ3v) is 7.00. The second-order valence-electron chi connectivity index (χ2n) is 7.98. The van der Waals surface area contributed by atoms with E-state index in [4.69, 9.17) is 28.0 Å².